The Morgan fingerprint density at radius 1 is 1.24 bits per heavy atom. The zero-order chi connectivity index (χ0) is 24.8. The second kappa shape index (κ2) is 11.0. The molecule has 1 aliphatic heterocycles. The molecule has 12 heteroatoms. The van der Waals surface area contributed by atoms with Crippen LogP contribution in [0.1, 0.15) is 18.1 Å². The molecule has 1 aliphatic rings. The van der Waals surface area contributed by atoms with Gasteiger partial charge in [0.2, 0.25) is 0 Å². The van der Waals surface area contributed by atoms with Crippen molar-refractivity contribution in [3.05, 3.63) is 67.6 Å². The van der Waals surface area contributed by atoms with Crippen molar-refractivity contribution in [2.75, 3.05) is 20.3 Å². The summed E-state index contributed by atoms with van der Waals surface area (Å²) in [6.45, 7) is 1.51. The molecule has 0 atom stereocenters. The van der Waals surface area contributed by atoms with Gasteiger partial charge in [0.1, 0.15) is 0 Å². The first kappa shape index (κ1) is 25.1. The van der Waals surface area contributed by atoms with E-state index >= 15 is 0 Å². The number of hydrogen-bond donors (Lipinski definition) is 0. The fourth-order valence-corrected chi connectivity index (χ4v) is 4.10. The number of halogens is 1. The van der Waals surface area contributed by atoms with Crippen molar-refractivity contribution in [1.82, 2.24) is 4.90 Å². The van der Waals surface area contributed by atoms with E-state index in [1.54, 1.807) is 13.0 Å². The van der Waals surface area contributed by atoms with Crippen molar-refractivity contribution >= 4 is 52.2 Å². The van der Waals surface area contributed by atoms with Gasteiger partial charge in [0.25, 0.3) is 16.8 Å². The van der Waals surface area contributed by atoms with Crippen molar-refractivity contribution in [2.45, 2.75) is 13.5 Å². The van der Waals surface area contributed by atoms with Gasteiger partial charge in [-0.3, -0.25) is 24.6 Å². The SMILES string of the molecule is CCOC(=O)COc1c(Cl)cc(/C=C2\SC(=O)N(Cc3ccc([N+](=O)[O-])cc3)C2=O)cc1OC. The van der Waals surface area contributed by atoms with E-state index in [1.165, 1.54) is 43.5 Å². The maximum Gasteiger partial charge on any atom is 0.344 e. The van der Waals surface area contributed by atoms with Crippen LogP contribution in [0.25, 0.3) is 6.08 Å². The van der Waals surface area contributed by atoms with E-state index in [2.05, 4.69) is 0 Å². The molecule has 1 heterocycles. The number of non-ortho nitro benzene ring substituents is 1. The number of amides is 2. The van der Waals surface area contributed by atoms with E-state index < -0.39 is 22.0 Å². The van der Waals surface area contributed by atoms with E-state index in [-0.39, 0.29) is 46.9 Å². The smallest absolute Gasteiger partial charge is 0.344 e. The third-order valence-electron chi connectivity index (χ3n) is 4.55. The van der Waals surface area contributed by atoms with Crippen LogP contribution < -0.4 is 9.47 Å². The van der Waals surface area contributed by atoms with Gasteiger partial charge in [0, 0.05) is 12.1 Å². The summed E-state index contributed by atoms with van der Waals surface area (Å²) >= 11 is 7.05. The molecule has 0 spiro atoms. The van der Waals surface area contributed by atoms with Gasteiger partial charge in [-0.25, -0.2) is 4.79 Å². The zero-order valence-corrected chi connectivity index (χ0v) is 19.7. The van der Waals surface area contributed by atoms with Crippen LogP contribution in [0.2, 0.25) is 5.02 Å². The monoisotopic (exact) mass is 506 g/mol. The second-order valence-electron chi connectivity index (χ2n) is 6.82. The maximum absolute atomic E-state index is 12.8. The standard InChI is InChI=1S/C22H19ClN2O8S/c1-3-32-19(26)12-33-20-16(23)8-14(9-17(20)31-2)10-18-21(27)24(22(28)34-18)11-13-4-6-15(7-5-13)25(29)30/h4-10H,3,11-12H2,1-2H3/b18-10-. The molecule has 2 amide bonds. The van der Waals surface area contributed by atoms with Crippen LogP contribution in [0.4, 0.5) is 10.5 Å². The van der Waals surface area contributed by atoms with E-state index in [0.717, 1.165) is 16.7 Å². The van der Waals surface area contributed by atoms with Gasteiger partial charge in [-0.2, -0.15) is 0 Å². The summed E-state index contributed by atoms with van der Waals surface area (Å²) in [4.78, 5) is 48.3. The lowest BCUT2D eigenvalue weighted by atomic mass is 10.1. The summed E-state index contributed by atoms with van der Waals surface area (Å²) in [5.41, 5.74) is 0.964. The minimum Gasteiger partial charge on any atom is -0.493 e. The molecule has 2 aromatic carbocycles. The van der Waals surface area contributed by atoms with Gasteiger partial charge in [-0.1, -0.05) is 23.7 Å². The van der Waals surface area contributed by atoms with Gasteiger partial charge in [0.05, 0.1) is 35.1 Å². The normalized spacial score (nSPS) is 14.4. The lowest BCUT2D eigenvalue weighted by molar-refractivity contribution is -0.384. The van der Waals surface area contributed by atoms with E-state index in [4.69, 9.17) is 25.8 Å². The molecule has 34 heavy (non-hydrogen) atoms. The average molecular weight is 507 g/mol. The van der Waals surface area contributed by atoms with E-state index in [0.29, 0.717) is 11.1 Å². The largest absolute Gasteiger partial charge is 0.493 e. The minimum absolute atomic E-state index is 0.0231. The Hall–Kier alpha value is -3.57. The predicted octanol–water partition coefficient (Wildman–Crippen LogP) is 4.44. The summed E-state index contributed by atoms with van der Waals surface area (Å²) in [6.07, 6.45) is 1.49. The predicted molar refractivity (Wildman–Crippen MR) is 125 cm³/mol. The second-order valence-corrected chi connectivity index (χ2v) is 8.22. The maximum atomic E-state index is 12.8. The molecular weight excluding hydrogens is 488 g/mol. The molecule has 10 nitrogen and oxygen atoms in total. The first-order chi connectivity index (χ1) is 16.2. The van der Waals surface area contributed by atoms with Crippen LogP contribution in [-0.4, -0.2) is 47.3 Å². The highest BCUT2D eigenvalue weighted by Crippen LogP contribution is 2.39. The number of thioether (sulfide) groups is 1. The van der Waals surface area contributed by atoms with Gasteiger partial charge in [-0.15, -0.1) is 0 Å². The summed E-state index contributed by atoms with van der Waals surface area (Å²) in [7, 11) is 1.39. The number of ether oxygens (including phenoxy) is 3. The molecule has 0 aromatic heterocycles. The Bertz CT molecular complexity index is 1170. The lowest BCUT2D eigenvalue weighted by Crippen LogP contribution is -2.27. The van der Waals surface area contributed by atoms with Crippen LogP contribution in [0.5, 0.6) is 11.5 Å². The van der Waals surface area contributed by atoms with E-state index in [1.807, 2.05) is 0 Å². The van der Waals surface area contributed by atoms with Crippen LogP contribution >= 0.6 is 23.4 Å². The summed E-state index contributed by atoms with van der Waals surface area (Å²) < 4.78 is 15.5. The van der Waals surface area contributed by atoms with Crippen LogP contribution in [-0.2, 0) is 20.9 Å². The number of hydrogen-bond acceptors (Lipinski definition) is 9. The van der Waals surface area contributed by atoms with Crippen LogP contribution in [0, 0.1) is 10.1 Å². The molecule has 0 aliphatic carbocycles. The third-order valence-corrected chi connectivity index (χ3v) is 5.74. The Balaban J connectivity index is 1.77. The third kappa shape index (κ3) is 5.86. The minimum atomic E-state index is -0.564. The lowest BCUT2D eigenvalue weighted by Gasteiger charge is -2.13. The number of methoxy groups -OCH3 is 1. The van der Waals surface area contributed by atoms with Crippen molar-refractivity contribution in [3.63, 3.8) is 0 Å². The molecular formula is C22H19ClN2O8S. The van der Waals surface area contributed by atoms with Gasteiger partial charge in [-0.05, 0) is 48.0 Å². The van der Waals surface area contributed by atoms with E-state index in [9.17, 15) is 24.5 Å². The number of carbonyl (C=O) groups is 3. The fraction of sp³-hybridized carbons (Fsp3) is 0.227. The quantitative estimate of drug-likeness (QED) is 0.210. The molecule has 0 bridgehead atoms. The van der Waals surface area contributed by atoms with Crippen molar-refractivity contribution in [2.24, 2.45) is 0 Å². The molecule has 0 N–H and O–H groups in total. The average Bonchev–Trinajstić information content (AvgIpc) is 3.05. The number of nitro benzene ring substituents is 1. The number of imide groups is 1. The van der Waals surface area contributed by atoms with Crippen molar-refractivity contribution in [3.8, 4) is 11.5 Å². The first-order valence-electron chi connectivity index (χ1n) is 9.88. The summed E-state index contributed by atoms with van der Waals surface area (Å²) in [6, 6.07) is 8.66. The number of nitrogens with zero attached hydrogens (tertiary/aromatic N) is 2. The molecule has 0 unspecified atom stereocenters. The number of esters is 1. The Kier molecular flexibility index (Phi) is 8.13. The van der Waals surface area contributed by atoms with Gasteiger partial charge in [0.15, 0.2) is 18.1 Å². The molecule has 0 radical (unpaired) electrons. The molecule has 1 fully saturated rings. The van der Waals surface area contributed by atoms with Gasteiger partial charge >= 0.3 is 5.97 Å². The Morgan fingerprint density at radius 2 is 1.94 bits per heavy atom. The fourth-order valence-electron chi connectivity index (χ4n) is 2.99. The highest BCUT2D eigenvalue weighted by Gasteiger charge is 2.35. The van der Waals surface area contributed by atoms with Crippen LogP contribution in [0.15, 0.2) is 41.3 Å². The van der Waals surface area contributed by atoms with Crippen LogP contribution in [0.3, 0.4) is 0 Å². The molecule has 0 saturated carbocycles. The number of rotatable bonds is 9. The molecule has 178 valence electrons. The molecule has 2 aromatic rings. The van der Waals surface area contributed by atoms with Crippen molar-refractivity contribution < 1.29 is 33.5 Å². The van der Waals surface area contributed by atoms with Gasteiger partial charge < -0.3 is 14.2 Å². The number of benzene rings is 2. The topological polar surface area (TPSA) is 125 Å². The zero-order valence-electron chi connectivity index (χ0n) is 18.1. The summed E-state index contributed by atoms with van der Waals surface area (Å²) in [5, 5.41) is 10.5. The number of nitro groups is 1. The summed E-state index contributed by atoms with van der Waals surface area (Å²) in [5.74, 6) is -0.703. The Labute approximate surface area is 203 Å². The number of carbonyl (C=O) groups excluding carboxylic acids is 3. The first-order valence-corrected chi connectivity index (χ1v) is 11.1. The molecule has 1 saturated heterocycles. The van der Waals surface area contributed by atoms with Crippen molar-refractivity contribution in [1.29, 1.82) is 0 Å². The highest BCUT2D eigenvalue weighted by atomic mass is 35.5. The molecule has 3 rings (SSSR count). The highest BCUT2D eigenvalue weighted by molar-refractivity contribution is 8.18. The Morgan fingerprint density at radius 3 is 2.56 bits per heavy atom.